The zero-order chi connectivity index (χ0) is 55.4. The number of hydrogen-bond acceptors (Lipinski definition) is 2. The third-order valence-corrected chi connectivity index (χ3v) is 18.5. The first-order chi connectivity index (χ1) is 38.1. The number of rotatable bonds is 5. The maximum absolute atomic E-state index is 7.64. The van der Waals surface area contributed by atoms with Gasteiger partial charge in [-0.05, 0) is 207 Å². The van der Waals surface area contributed by atoms with Gasteiger partial charge in [-0.15, -0.1) is 0 Å². The van der Waals surface area contributed by atoms with Gasteiger partial charge in [-0.1, -0.05) is 159 Å². The lowest BCUT2D eigenvalue weighted by Gasteiger charge is -2.37. The van der Waals surface area contributed by atoms with E-state index in [0.29, 0.717) is 0 Å². The summed E-state index contributed by atoms with van der Waals surface area (Å²) in [7, 11) is 0. The molecule has 0 saturated heterocycles. The number of fused-ring (bicyclic) bond motifs is 14. The molecule has 0 aliphatic carbocycles. The molecule has 0 saturated carbocycles. The van der Waals surface area contributed by atoms with Crippen LogP contribution < -0.4 is 42.3 Å². The van der Waals surface area contributed by atoms with Crippen LogP contribution in [0.5, 0.6) is 23.0 Å². The summed E-state index contributed by atoms with van der Waals surface area (Å²) in [6, 6.07) is 52.8. The summed E-state index contributed by atoms with van der Waals surface area (Å²) in [6.07, 6.45) is 3.30. The van der Waals surface area contributed by atoms with Crippen molar-refractivity contribution in [3.63, 3.8) is 0 Å². The molecule has 6 heteroatoms. The fourth-order valence-corrected chi connectivity index (χ4v) is 14.6. The monoisotopic (exact) mass is 1040 g/mol. The van der Waals surface area contributed by atoms with Crippen molar-refractivity contribution in [2.24, 2.45) is 0 Å². The lowest BCUT2D eigenvalue weighted by Crippen LogP contribution is -2.61. The lowest BCUT2D eigenvalue weighted by atomic mass is 9.32. The molecule has 0 fully saturated rings. The van der Waals surface area contributed by atoms with Crippen LogP contribution in [0.2, 0.25) is 0 Å². The first-order valence-electron chi connectivity index (χ1n) is 29.4. The van der Waals surface area contributed by atoms with Crippen molar-refractivity contribution in [2.75, 3.05) is 0 Å². The number of hydrogen-bond donors (Lipinski definition) is 0. The first kappa shape index (κ1) is 49.4. The van der Waals surface area contributed by atoms with Crippen molar-refractivity contribution >= 4 is 89.8 Å². The summed E-state index contributed by atoms with van der Waals surface area (Å²) in [5.41, 5.74) is 29.8. The van der Waals surface area contributed by atoms with Gasteiger partial charge < -0.3 is 18.6 Å². The van der Waals surface area contributed by atoms with Crippen LogP contribution in [0, 0.1) is 27.7 Å². The van der Waals surface area contributed by atoms with Gasteiger partial charge in [0.15, 0.2) is 0 Å². The Morgan fingerprint density at radius 1 is 0.388 bits per heavy atom. The highest BCUT2D eigenvalue weighted by Crippen LogP contribution is 2.46. The largest absolute Gasteiger partial charge is 0.458 e. The van der Waals surface area contributed by atoms with E-state index in [0.717, 1.165) is 64.3 Å². The maximum Gasteiger partial charge on any atom is 0.256 e. The molecule has 15 rings (SSSR count). The topological polar surface area (TPSA) is 28.3 Å². The number of ether oxygens (including phenoxy) is 2. The predicted molar refractivity (Wildman–Crippen MR) is 342 cm³/mol. The van der Waals surface area contributed by atoms with Gasteiger partial charge >= 0.3 is 0 Å². The highest BCUT2D eigenvalue weighted by Gasteiger charge is 2.46. The second-order valence-electron chi connectivity index (χ2n) is 27.6. The number of unbranched alkanes of at least 4 members (excludes halogenated alkanes) is 1. The second-order valence-corrected chi connectivity index (χ2v) is 27.6. The highest BCUT2D eigenvalue weighted by atomic mass is 16.5. The molecule has 6 heterocycles. The van der Waals surface area contributed by atoms with Crippen molar-refractivity contribution in [1.82, 2.24) is 9.13 Å². The average molecular weight is 1040 g/mol. The average Bonchev–Trinajstić information content (AvgIpc) is 3.41. The van der Waals surface area contributed by atoms with Gasteiger partial charge in [-0.2, -0.15) is 0 Å². The first-order valence-corrected chi connectivity index (χ1v) is 29.4. The smallest absolute Gasteiger partial charge is 0.256 e. The summed E-state index contributed by atoms with van der Waals surface area (Å²) in [5, 5.41) is 5.24. The van der Waals surface area contributed by atoms with Crippen LogP contribution in [-0.2, 0) is 22.7 Å². The van der Waals surface area contributed by atoms with Gasteiger partial charge in [0.05, 0.1) is 11.0 Å². The van der Waals surface area contributed by atoms with Crippen LogP contribution in [0.4, 0.5) is 0 Å². The molecule has 11 aromatic rings. The zero-order valence-corrected chi connectivity index (χ0v) is 49.2. The summed E-state index contributed by atoms with van der Waals surface area (Å²) in [4.78, 5) is 0. The fraction of sp³-hybridized carbons (Fsp3) is 0.270. The summed E-state index contributed by atoms with van der Waals surface area (Å²) in [5.74, 6) is 3.64. The molecule has 4 nitrogen and oxygen atoms in total. The minimum Gasteiger partial charge on any atom is -0.458 e. The zero-order valence-electron chi connectivity index (χ0n) is 49.2. The quantitative estimate of drug-likeness (QED) is 0.161. The molecule has 0 bridgehead atoms. The summed E-state index contributed by atoms with van der Waals surface area (Å²) in [6.45, 7) is 32.0. The van der Waals surface area contributed by atoms with E-state index in [9.17, 15) is 0 Å². The Labute approximate surface area is 472 Å². The minimum absolute atomic E-state index is 0.00625. The van der Waals surface area contributed by atoms with E-state index in [2.05, 4.69) is 240 Å². The van der Waals surface area contributed by atoms with Gasteiger partial charge in [0, 0.05) is 44.0 Å². The van der Waals surface area contributed by atoms with E-state index in [4.69, 9.17) is 9.47 Å². The molecule has 0 unspecified atom stereocenters. The van der Waals surface area contributed by atoms with E-state index in [1.807, 2.05) is 0 Å². The van der Waals surface area contributed by atoms with E-state index >= 15 is 0 Å². The predicted octanol–water partition coefficient (Wildman–Crippen LogP) is 15.6. The van der Waals surface area contributed by atoms with Crippen LogP contribution in [0.3, 0.4) is 0 Å². The maximum atomic E-state index is 7.64. The molecule has 0 N–H and O–H groups in total. The molecule has 4 aliphatic heterocycles. The summed E-state index contributed by atoms with van der Waals surface area (Å²) >= 11 is 0. The number of aromatic nitrogens is 2. The highest BCUT2D eigenvalue weighted by molar-refractivity contribution is 7.01. The van der Waals surface area contributed by atoms with E-state index < -0.39 is 0 Å². The van der Waals surface area contributed by atoms with Gasteiger partial charge in [-0.25, -0.2) is 0 Å². The van der Waals surface area contributed by atoms with Crippen LogP contribution in [-0.4, -0.2) is 22.6 Å². The Morgan fingerprint density at radius 3 is 1.24 bits per heavy atom. The minimum atomic E-state index is -0.122. The number of benzene rings is 9. The molecular formula is C74H70B2N2O2. The van der Waals surface area contributed by atoms with E-state index in [-0.39, 0.29) is 29.7 Å². The van der Waals surface area contributed by atoms with Gasteiger partial charge in [0.25, 0.3) is 13.4 Å². The van der Waals surface area contributed by atoms with Crippen LogP contribution in [0.25, 0.3) is 77.2 Å². The van der Waals surface area contributed by atoms with Crippen molar-refractivity contribution in [3.05, 3.63) is 178 Å². The molecule has 9 aromatic carbocycles. The van der Waals surface area contributed by atoms with E-state index in [1.54, 1.807) is 0 Å². The third-order valence-electron chi connectivity index (χ3n) is 18.5. The third kappa shape index (κ3) is 7.22. The Morgan fingerprint density at radius 2 is 0.800 bits per heavy atom. The molecule has 0 atom stereocenters. The molecule has 4 aliphatic rings. The van der Waals surface area contributed by atoms with Crippen molar-refractivity contribution < 1.29 is 9.47 Å². The van der Waals surface area contributed by atoms with Gasteiger partial charge in [0.2, 0.25) is 0 Å². The Hall–Kier alpha value is -7.69. The van der Waals surface area contributed by atoms with Crippen molar-refractivity contribution in [1.29, 1.82) is 0 Å². The standard InChI is InChI=1S/C74H70B2N2O2/c1-15-16-17-44-28-54-52-34-49(72(6,7)8)18-20-60(52)77-62-30-47(45-24-40(2)22-41(3)25-45)32-66-68(62)75(58(29-44)70(54)77)56-38-65-57(39-64(56)79-66)76-59-37-51(74(12,13)14)36-55-53-35-50(73(9,10)11)19-21-61(53)78(71(55)59)63-31-48(33-67(80-65)69(63)76)46-26-42(4)23-43(5)27-46/h18-39H,15-17H2,1-14H3. The fourth-order valence-electron chi connectivity index (χ4n) is 14.6. The van der Waals surface area contributed by atoms with Gasteiger partial charge in [0.1, 0.15) is 23.0 Å². The SMILES string of the molecule is CCCCc1cc2c3c(c1)c1cc(C(C)(C)C)ccc1n3-c1cc(-c3cc(C)cc(C)c3)cc3c1B2c1cc2c(cc1O3)B1c3c(cc(-c4cc(C)cc(C)c4)cc3-n3c4ccc(C(C)(C)C)cc4c4cc(C(C)(C)C)cc1c43)O2. The molecule has 80 heavy (non-hydrogen) atoms. The van der Waals surface area contributed by atoms with Crippen LogP contribution in [0.1, 0.15) is 127 Å². The number of aryl methyl sites for hydroxylation is 5. The molecule has 2 aromatic heterocycles. The second kappa shape index (κ2) is 16.7. The number of nitrogens with zero attached hydrogens (tertiary/aromatic N) is 2. The lowest BCUT2D eigenvalue weighted by molar-refractivity contribution is 0.476. The van der Waals surface area contributed by atoms with Crippen LogP contribution >= 0.6 is 0 Å². The van der Waals surface area contributed by atoms with Crippen molar-refractivity contribution in [3.8, 4) is 56.6 Å². The molecule has 0 spiro atoms. The van der Waals surface area contributed by atoms with Crippen molar-refractivity contribution in [2.45, 2.75) is 132 Å². The Kier molecular flexibility index (Phi) is 10.3. The molecular weight excluding hydrogens is 970 g/mol. The van der Waals surface area contributed by atoms with E-state index in [1.165, 1.54) is 132 Å². The van der Waals surface area contributed by atoms with Gasteiger partial charge in [-0.3, -0.25) is 0 Å². The molecule has 0 radical (unpaired) electrons. The summed E-state index contributed by atoms with van der Waals surface area (Å²) < 4.78 is 20.5. The molecule has 0 amide bonds. The normalized spacial score (nSPS) is 13.9. The Balaban J connectivity index is 1.04. The Bertz CT molecular complexity index is 4540. The van der Waals surface area contributed by atoms with Crippen LogP contribution in [0.15, 0.2) is 133 Å². The molecule has 394 valence electrons.